The molecule has 3 N–H and O–H groups in total. The van der Waals surface area contributed by atoms with Gasteiger partial charge in [0.2, 0.25) is 3.79 Å². The maximum atomic E-state index is 12.3. The second-order valence-corrected chi connectivity index (χ2v) is 7.37. The normalized spacial score (nSPS) is 12.5. The minimum Gasteiger partial charge on any atom is -0.339 e. The van der Waals surface area contributed by atoms with E-state index in [1.807, 2.05) is 32.0 Å². The lowest BCUT2D eigenvalue weighted by Gasteiger charge is -2.27. The fourth-order valence-corrected chi connectivity index (χ4v) is 2.20. The quantitative estimate of drug-likeness (QED) is 0.422. The van der Waals surface area contributed by atoms with Gasteiger partial charge in [-0.1, -0.05) is 52.5 Å². The molecule has 0 aliphatic carbocycles. The Kier molecular flexibility index (Phi) is 7.12. The number of amides is 1. The summed E-state index contributed by atoms with van der Waals surface area (Å²) in [6.07, 6.45) is -1.17. The number of halogens is 4. The van der Waals surface area contributed by atoms with Gasteiger partial charge in [0, 0.05) is 5.69 Å². The third-order valence-electron chi connectivity index (χ3n) is 2.66. The van der Waals surface area contributed by atoms with E-state index in [1.54, 1.807) is 0 Å². The highest BCUT2D eigenvalue weighted by molar-refractivity contribution is 7.80. The van der Waals surface area contributed by atoms with Crippen LogP contribution < -0.4 is 16.0 Å². The van der Waals surface area contributed by atoms with Crippen LogP contribution in [0.15, 0.2) is 18.2 Å². The Labute approximate surface area is 148 Å². The van der Waals surface area contributed by atoms with Gasteiger partial charge in [-0.25, -0.2) is 4.39 Å². The molecule has 1 amide bonds. The van der Waals surface area contributed by atoms with Crippen molar-refractivity contribution in [2.45, 2.75) is 23.8 Å². The predicted octanol–water partition coefficient (Wildman–Crippen LogP) is 3.37. The first-order valence-corrected chi connectivity index (χ1v) is 7.74. The molecule has 1 aromatic carbocycles. The molecule has 0 heterocycles. The molecule has 4 nitrogen and oxygen atoms in total. The van der Waals surface area contributed by atoms with E-state index in [2.05, 4.69) is 16.0 Å². The van der Waals surface area contributed by atoms with Gasteiger partial charge in [0.25, 0.3) is 5.91 Å². The third kappa shape index (κ3) is 6.12. The molecule has 0 unspecified atom stereocenters. The molecule has 0 spiro atoms. The number of aryl methyl sites for hydroxylation is 2. The van der Waals surface area contributed by atoms with Gasteiger partial charge < -0.3 is 16.0 Å². The summed E-state index contributed by atoms with van der Waals surface area (Å²) in [5, 5.41) is 7.89. The van der Waals surface area contributed by atoms with Gasteiger partial charge >= 0.3 is 0 Å². The van der Waals surface area contributed by atoms with Gasteiger partial charge in [-0.3, -0.25) is 4.79 Å². The number of thiocarbonyl (C=S) groups is 1. The van der Waals surface area contributed by atoms with Crippen molar-refractivity contribution in [3.63, 3.8) is 0 Å². The average Bonchev–Trinajstić information content (AvgIpc) is 2.40. The lowest BCUT2D eigenvalue weighted by Crippen LogP contribution is -2.56. The second kappa shape index (κ2) is 8.15. The van der Waals surface area contributed by atoms with Gasteiger partial charge in [0.05, 0.1) is 0 Å². The van der Waals surface area contributed by atoms with E-state index in [0.29, 0.717) is 0 Å². The van der Waals surface area contributed by atoms with Gasteiger partial charge in [-0.05, 0) is 37.7 Å². The van der Waals surface area contributed by atoms with Crippen LogP contribution in [-0.4, -0.2) is 27.7 Å². The highest BCUT2D eigenvalue weighted by atomic mass is 35.6. The first-order valence-electron chi connectivity index (χ1n) is 6.20. The lowest BCUT2D eigenvalue weighted by atomic mass is 10.1. The second-order valence-electron chi connectivity index (χ2n) is 4.59. The summed E-state index contributed by atoms with van der Waals surface area (Å²) in [5.41, 5.74) is 2.85. The summed E-state index contributed by atoms with van der Waals surface area (Å²) >= 11 is 22.3. The van der Waals surface area contributed by atoms with E-state index in [1.165, 1.54) is 0 Å². The number of hydrogen-bond donors (Lipinski definition) is 3. The minimum atomic E-state index is -1.90. The summed E-state index contributed by atoms with van der Waals surface area (Å²) in [6, 6.07) is 5.74. The zero-order valence-electron chi connectivity index (χ0n) is 11.8. The molecular weight excluding hydrogens is 372 g/mol. The van der Waals surface area contributed by atoms with Crippen LogP contribution in [0, 0.1) is 13.8 Å². The molecule has 22 heavy (non-hydrogen) atoms. The molecule has 9 heteroatoms. The average molecular weight is 387 g/mol. The van der Waals surface area contributed by atoms with Crippen LogP contribution in [-0.2, 0) is 4.79 Å². The molecule has 0 saturated carbocycles. The van der Waals surface area contributed by atoms with Crippen LogP contribution in [0.4, 0.5) is 10.1 Å². The maximum Gasteiger partial charge on any atom is 0.253 e. The van der Waals surface area contributed by atoms with E-state index >= 15 is 0 Å². The van der Waals surface area contributed by atoms with E-state index in [9.17, 15) is 9.18 Å². The van der Waals surface area contributed by atoms with E-state index in [0.717, 1.165) is 16.8 Å². The number of benzene rings is 1. The van der Waals surface area contributed by atoms with Crippen molar-refractivity contribution in [2.24, 2.45) is 0 Å². The number of anilines is 1. The standard InChI is InChI=1S/C13H15Cl3FN3OS/c1-7-3-4-9(8(2)5-7)18-12(22)20-11(13(14,15)16)19-10(21)6-17/h3-5,11H,6H2,1-2H3,(H,19,21)(H2,18,20,22)/t11-/m1/s1. The largest absolute Gasteiger partial charge is 0.339 e. The van der Waals surface area contributed by atoms with Gasteiger partial charge in [-0.15, -0.1) is 0 Å². The summed E-state index contributed by atoms with van der Waals surface area (Å²) in [7, 11) is 0. The Morgan fingerprint density at radius 2 is 1.95 bits per heavy atom. The number of nitrogens with one attached hydrogen (secondary N) is 3. The zero-order valence-corrected chi connectivity index (χ0v) is 14.9. The highest BCUT2D eigenvalue weighted by Gasteiger charge is 2.34. The number of alkyl halides is 4. The smallest absolute Gasteiger partial charge is 0.253 e. The summed E-state index contributed by atoms with van der Waals surface area (Å²) in [4.78, 5) is 11.1. The molecule has 1 atom stereocenters. The maximum absolute atomic E-state index is 12.3. The van der Waals surface area contributed by atoms with Gasteiger partial charge in [-0.2, -0.15) is 0 Å². The van der Waals surface area contributed by atoms with Crippen molar-refractivity contribution in [1.82, 2.24) is 10.6 Å². The molecule has 0 bridgehead atoms. The van der Waals surface area contributed by atoms with Crippen LogP contribution >= 0.6 is 47.0 Å². The SMILES string of the molecule is Cc1ccc(NC(=S)N[C@@H](NC(=O)CF)C(Cl)(Cl)Cl)c(C)c1. The first kappa shape index (κ1) is 19.2. The molecule has 0 radical (unpaired) electrons. The van der Waals surface area contributed by atoms with Crippen molar-refractivity contribution >= 4 is 63.7 Å². The van der Waals surface area contributed by atoms with Crippen molar-refractivity contribution in [3.05, 3.63) is 29.3 Å². The summed E-state index contributed by atoms with van der Waals surface area (Å²) < 4.78 is 10.4. The van der Waals surface area contributed by atoms with Crippen molar-refractivity contribution in [3.8, 4) is 0 Å². The van der Waals surface area contributed by atoms with Crippen molar-refractivity contribution < 1.29 is 9.18 Å². The Balaban J connectivity index is 2.76. The molecule has 0 fully saturated rings. The molecule has 122 valence electrons. The van der Waals surface area contributed by atoms with Crippen molar-refractivity contribution in [1.29, 1.82) is 0 Å². The number of hydrogen-bond acceptors (Lipinski definition) is 2. The Morgan fingerprint density at radius 3 is 2.45 bits per heavy atom. The molecule has 0 aliphatic rings. The van der Waals surface area contributed by atoms with E-state index in [-0.39, 0.29) is 5.11 Å². The topological polar surface area (TPSA) is 53.2 Å². The molecule has 0 saturated heterocycles. The van der Waals surface area contributed by atoms with E-state index in [4.69, 9.17) is 47.0 Å². The van der Waals surface area contributed by atoms with Crippen LogP contribution in [0.3, 0.4) is 0 Å². The molecule has 1 aromatic rings. The number of carbonyl (C=O) groups is 1. The highest BCUT2D eigenvalue weighted by Crippen LogP contribution is 2.29. The Hall–Kier alpha value is -0.820. The van der Waals surface area contributed by atoms with Gasteiger partial charge in [0.15, 0.2) is 11.8 Å². The molecule has 1 rings (SSSR count). The number of rotatable bonds is 4. The van der Waals surface area contributed by atoms with E-state index < -0.39 is 22.5 Å². The molecular formula is C13H15Cl3FN3OS. The molecule has 0 aromatic heterocycles. The number of carbonyl (C=O) groups excluding carboxylic acids is 1. The summed E-state index contributed by atoms with van der Waals surface area (Å²) in [6.45, 7) is 2.66. The lowest BCUT2D eigenvalue weighted by molar-refractivity contribution is -0.122. The minimum absolute atomic E-state index is 0.127. The van der Waals surface area contributed by atoms with Crippen LogP contribution in [0.25, 0.3) is 0 Å². The van der Waals surface area contributed by atoms with Crippen molar-refractivity contribution in [2.75, 3.05) is 12.0 Å². The molecule has 0 aliphatic heterocycles. The first-order chi connectivity index (χ1) is 10.1. The Bertz CT molecular complexity index is 566. The van der Waals surface area contributed by atoms with Crippen LogP contribution in [0.1, 0.15) is 11.1 Å². The third-order valence-corrected chi connectivity index (χ3v) is 3.53. The zero-order chi connectivity index (χ0) is 16.9. The van der Waals surface area contributed by atoms with Crippen LogP contribution in [0.2, 0.25) is 0 Å². The summed E-state index contributed by atoms with van der Waals surface area (Å²) in [5.74, 6) is -0.918. The van der Waals surface area contributed by atoms with Gasteiger partial charge in [0.1, 0.15) is 6.17 Å². The fraction of sp³-hybridized carbons (Fsp3) is 0.385. The monoisotopic (exact) mass is 385 g/mol. The van der Waals surface area contributed by atoms with Crippen LogP contribution in [0.5, 0.6) is 0 Å². The Morgan fingerprint density at radius 1 is 1.32 bits per heavy atom. The fourth-order valence-electron chi connectivity index (χ4n) is 1.64. The predicted molar refractivity (Wildman–Crippen MR) is 93.5 cm³/mol.